The summed E-state index contributed by atoms with van der Waals surface area (Å²) in [5.41, 5.74) is 5.68. The van der Waals surface area contributed by atoms with Gasteiger partial charge in [-0.3, -0.25) is 0 Å². The van der Waals surface area contributed by atoms with Crippen molar-refractivity contribution >= 4 is 23.5 Å². The van der Waals surface area contributed by atoms with E-state index in [-0.39, 0.29) is 5.95 Å². The highest BCUT2D eigenvalue weighted by atomic mass is 32.2. The van der Waals surface area contributed by atoms with Crippen LogP contribution in [0, 0.1) is 0 Å². The first kappa shape index (κ1) is 12.3. The van der Waals surface area contributed by atoms with Gasteiger partial charge >= 0.3 is 0 Å². The van der Waals surface area contributed by atoms with Crippen molar-refractivity contribution in [3.05, 3.63) is 6.07 Å². The van der Waals surface area contributed by atoms with Gasteiger partial charge in [0.25, 0.3) is 0 Å². The summed E-state index contributed by atoms with van der Waals surface area (Å²) >= 11 is 2.01. The standard InChI is InChI=1S/C11H18N4OS/c1-7-5-15(6-8(2)17-7)9-4-10(16-3)14-11(12)13-9/h4,7-8H,5-6H2,1-3H3,(H2,12,13,14). The van der Waals surface area contributed by atoms with E-state index in [2.05, 4.69) is 28.7 Å². The van der Waals surface area contributed by atoms with Gasteiger partial charge in [-0.1, -0.05) is 13.8 Å². The fraction of sp³-hybridized carbons (Fsp3) is 0.636. The Hall–Kier alpha value is -1.17. The molecule has 2 rings (SSSR count). The molecule has 1 aliphatic rings. The number of nitrogen functional groups attached to an aromatic ring is 1. The number of methoxy groups -OCH3 is 1. The molecule has 94 valence electrons. The molecule has 2 heterocycles. The monoisotopic (exact) mass is 254 g/mol. The van der Waals surface area contributed by atoms with Crippen molar-refractivity contribution in [3.63, 3.8) is 0 Å². The normalized spacial score (nSPS) is 24.8. The molecule has 2 N–H and O–H groups in total. The molecule has 2 atom stereocenters. The molecule has 0 aliphatic carbocycles. The van der Waals surface area contributed by atoms with Crippen LogP contribution in [0.4, 0.5) is 11.8 Å². The number of rotatable bonds is 2. The summed E-state index contributed by atoms with van der Waals surface area (Å²) in [6.45, 7) is 6.42. The number of thioether (sulfide) groups is 1. The predicted molar refractivity (Wildman–Crippen MR) is 71.7 cm³/mol. The molecule has 1 saturated heterocycles. The highest BCUT2D eigenvalue weighted by Gasteiger charge is 2.23. The van der Waals surface area contributed by atoms with Gasteiger partial charge < -0.3 is 15.4 Å². The lowest BCUT2D eigenvalue weighted by Crippen LogP contribution is -2.41. The summed E-state index contributed by atoms with van der Waals surface area (Å²) in [6.07, 6.45) is 0. The molecule has 6 heteroatoms. The van der Waals surface area contributed by atoms with Gasteiger partial charge in [0.05, 0.1) is 7.11 Å². The zero-order valence-corrected chi connectivity index (χ0v) is 11.2. The van der Waals surface area contributed by atoms with Crippen molar-refractivity contribution < 1.29 is 4.74 Å². The summed E-state index contributed by atoms with van der Waals surface area (Å²) in [5, 5.41) is 1.20. The van der Waals surface area contributed by atoms with Gasteiger partial charge in [-0.05, 0) is 0 Å². The molecule has 0 spiro atoms. The lowest BCUT2D eigenvalue weighted by molar-refractivity contribution is 0.397. The van der Waals surface area contributed by atoms with Gasteiger partial charge in [0.2, 0.25) is 11.8 Å². The van der Waals surface area contributed by atoms with Crippen LogP contribution in [0.5, 0.6) is 5.88 Å². The quantitative estimate of drug-likeness (QED) is 0.860. The van der Waals surface area contributed by atoms with Crippen molar-refractivity contribution in [2.24, 2.45) is 0 Å². The molecule has 0 radical (unpaired) electrons. The summed E-state index contributed by atoms with van der Waals surface area (Å²) in [7, 11) is 1.59. The molecule has 5 nitrogen and oxygen atoms in total. The molecule has 1 aliphatic heterocycles. The van der Waals surface area contributed by atoms with Crippen LogP contribution in [-0.4, -0.2) is 40.7 Å². The Morgan fingerprint density at radius 3 is 2.59 bits per heavy atom. The van der Waals surface area contributed by atoms with E-state index in [1.165, 1.54) is 0 Å². The SMILES string of the molecule is COc1cc(N2CC(C)SC(C)C2)nc(N)n1. The van der Waals surface area contributed by atoms with Crippen LogP contribution in [0.3, 0.4) is 0 Å². The minimum atomic E-state index is 0.262. The zero-order chi connectivity index (χ0) is 12.4. The van der Waals surface area contributed by atoms with E-state index in [9.17, 15) is 0 Å². The Kier molecular flexibility index (Phi) is 3.61. The fourth-order valence-corrected chi connectivity index (χ4v) is 3.39. The van der Waals surface area contributed by atoms with E-state index in [1.807, 2.05) is 17.8 Å². The lowest BCUT2D eigenvalue weighted by Gasteiger charge is -2.35. The Balaban J connectivity index is 2.23. The van der Waals surface area contributed by atoms with Gasteiger partial charge in [0, 0.05) is 29.7 Å². The van der Waals surface area contributed by atoms with Crippen LogP contribution < -0.4 is 15.4 Å². The van der Waals surface area contributed by atoms with Crippen LogP contribution in [0.15, 0.2) is 6.07 Å². The number of nitrogens with two attached hydrogens (primary N) is 1. The Labute approximate surface area is 106 Å². The van der Waals surface area contributed by atoms with Crippen molar-refractivity contribution in [1.82, 2.24) is 9.97 Å². The van der Waals surface area contributed by atoms with Crippen LogP contribution >= 0.6 is 11.8 Å². The Morgan fingerprint density at radius 2 is 2.00 bits per heavy atom. The van der Waals surface area contributed by atoms with Crippen molar-refractivity contribution in [3.8, 4) is 5.88 Å². The smallest absolute Gasteiger partial charge is 0.225 e. The van der Waals surface area contributed by atoms with Crippen LogP contribution in [0.2, 0.25) is 0 Å². The highest BCUT2D eigenvalue weighted by molar-refractivity contribution is 8.00. The molecule has 0 aromatic carbocycles. The van der Waals surface area contributed by atoms with Crippen LogP contribution in [0.25, 0.3) is 0 Å². The van der Waals surface area contributed by atoms with E-state index in [0.29, 0.717) is 16.4 Å². The number of hydrogen-bond acceptors (Lipinski definition) is 6. The van der Waals surface area contributed by atoms with Crippen molar-refractivity contribution in [2.45, 2.75) is 24.3 Å². The highest BCUT2D eigenvalue weighted by Crippen LogP contribution is 2.28. The van der Waals surface area contributed by atoms with Crippen LogP contribution in [0.1, 0.15) is 13.8 Å². The number of hydrogen-bond donors (Lipinski definition) is 1. The second kappa shape index (κ2) is 5.00. The first-order chi connectivity index (χ1) is 8.08. The maximum absolute atomic E-state index is 5.68. The van der Waals surface area contributed by atoms with Gasteiger partial charge in [-0.25, -0.2) is 0 Å². The summed E-state index contributed by atoms with van der Waals surface area (Å²) in [6, 6.07) is 1.84. The van der Waals surface area contributed by atoms with Crippen molar-refractivity contribution in [2.75, 3.05) is 30.8 Å². The Morgan fingerprint density at radius 1 is 1.35 bits per heavy atom. The Bertz CT molecular complexity index is 391. The molecular formula is C11H18N4OS. The summed E-state index contributed by atoms with van der Waals surface area (Å²) in [5.74, 6) is 1.64. The number of ether oxygens (including phenoxy) is 1. The van der Waals surface area contributed by atoms with E-state index in [4.69, 9.17) is 10.5 Å². The molecule has 1 aromatic rings. The maximum atomic E-state index is 5.68. The average molecular weight is 254 g/mol. The molecule has 0 saturated carbocycles. The second-order valence-corrected chi connectivity index (χ2v) is 6.17. The van der Waals surface area contributed by atoms with E-state index >= 15 is 0 Å². The van der Waals surface area contributed by atoms with Crippen molar-refractivity contribution in [1.29, 1.82) is 0 Å². The first-order valence-corrected chi connectivity index (χ1v) is 6.61. The first-order valence-electron chi connectivity index (χ1n) is 5.67. The van der Waals surface area contributed by atoms with E-state index < -0.39 is 0 Å². The lowest BCUT2D eigenvalue weighted by atomic mass is 10.3. The molecule has 17 heavy (non-hydrogen) atoms. The average Bonchev–Trinajstić information content (AvgIpc) is 2.26. The number of anilines is 2. The third-order valence-corrected chi connectivity index (χ3v) is 3.89. The van der Waals surface area contributed by atoms with Gasteiger partial charge in [0.15, 0.2) is 0 Å². The fourth-order valence-electron chi connectivity index (χ4n) is 2.06. The largest absolute Gasteiger partial charge is 0.481 e. The molecule has 0 bridgehead atoms. The minimum Gasteiger partial charge on any atom is -0.481 e. The van der Waals surface area contributed by atoms with Gasteiger partial charge in [0.1, 0.15) is 5.82 Å². The third-order valence-electron chi connectivity index (χ3n) is 2.66. The topological polar surface area (TPSA) is 64.3 Å². The summed E-state index contributed by atoms with van der Waals surface area (Å²) < 4.78 is 5.12. The van der Waals surface area contributed by atoms with E-state index in [1.54, 1.807) is 7.11 Å². The number of aromatic nitrogens is 2. The molecule has 0 amide bonds. The van der Waals surface area contributed by atoms with Gasteiger partial charge in [-0.15, -0.1) is 0 Å². The minimum absolute atomic E-state index is 0.262. The molecule has 1 aromatic heterocycles. The maximum Gasteiger partial charge on any atom is 0.225 e. The number of nitrogens with zero attached hydrogens (tertiary/aromatic N) is 3. The third kappa shape index (κ3) is 2.94. The second-order valence-electron chi connectivity index (χ2n) is 4.29. The molecule has 2 unspecified atom stereocenters. The van der Waals surface area contributed by atoms with E-state index in [0.717, 1.165) is 18.9 Å². The molecular weight excluding hydrogens is 236 g/mol. The summed E-state index contributed by atoms with van der Waals surface area (Å²) in [4.78, 5) is 10.5. The predicted octanol–water partition coefficient (Wildman–Crippen LogP) is 1.40. The zero-order valence-electron chi connectivity index (χ0n) is 10.4. The van der Waals surface area contributed by atoms with Crippen LogP contribution in [-0.2, 0) is 0 Å². The van der Waals surface area contributed by atoms with Gasteiger partial charge in [-0.2, -0.15) is 21.7 Å². The molecule has 1 fully saturated rings.